The molecule has 0 saturated heterocycles. The molecule has 9 heteroatoms. The second-order valence-electron chi connectivity index (χ2n) is 8.39. The van der Waals surface area contributed by atoms with Crippen molar-refractivity contribution in [3.63, 3.8) is 0 Å². The lowest BCUT2D eigenvalue weighted by Gasteiger charge is -2.09. The predicted molar refractivity (Wildman–Crippen MR) is 130 cm³/mol. The minimum Gasteiger partial charge on any atom is -0.453 e. The Bertz CT molecular complexity index is 1520. The van der Waals surface area contributed by atoms with Gasteiger partial charge in [0.2, 0.25) is 5.78 Å². The van der Waals surface area contributed by atoms with E-state index >= 15 is 0 Å². The van der Waals surface area contributed by atoms with Gasteiger partial charge >= 0.3 is 5.97 Å². The van der Waals surface area contributed by atoms with Gasteiger partial charge in [0, 0.05) is 35.8 Å². The van der Waals surface area contributed by atoms with Gasteiger partial charge in [0.25, 0.3) is 5.56 Å². The Morgan fingerprint density at radius 2 is 1.69 bits per heavy atom. The van der Waals surface area contributed by atoms with Crippen LogP contribution < -0.4 is 5.56 Å². The molecule has 0 aliphatic heterocycles. The van der Waals surface area contributed by atoms with E-state index in [1.165, 1.54) is 19.2 Å². The van der Waals surface area contributed by atoms with Gasteiger partial charge in [0.15, 0.2) is 12.4 Å². The Labute approximate surface area is 201 Å². The summed E-state index contributed by atoms with van der Waals surface area (Å²) in [7, 11) is 1.81. The Kier molecular flexibility index (Phi) is 6.17. The predicted octanol–water partition coefficient (Wildman–Crippen LogP) is 3.46. The molecule has 3 heterocycles. The number of ether oxygens (including phenoxy) is 1. The minimum atomic E-state index is -0.732. The summed E-state index contributed by atoms with van der Waals surface area (Å²) < 4.78 is 10.3. The molecule has 0 aliphatic rings. The third kappa shape index (κ3) is 4.16. The quantitative estimate of drug-likeness (QED) is 0.326. The van der Waals surface area contributed by atoms with Crippen molar-refractivity contribution in [2.75, 3.05) is 6.61 Å². The lowest BCUT2D eigenvalue weighted by Crippen LogP contribution is -2.22. The molecule has 9 nitrogen and oxygen atoms in total. The number of Topliss-reactive ketones (excluding diaryl/α,β-unsaturated/α-hetero) is 2. The second kappa shape index (κ2) is 9.09. The van der Waals surface area contributed by atoms with Gasteiger partial charge in [-0.15, -0.1) is 0 Å². The van der Waals surface area contributed by atoms with E-state index in [-0.39, 0.29) is 17.0 Å². The zero-order valence-electron chi connectivity index (χ0n) is 20.2. The SMILES string of the molecule is CC(=O)c1c[nH]c(C(=O)OCC(=O)c2cc(C)n(-c3c(C)n(C)n(-c4ccccc4)c3=O)c2C)c1. The number of hydrogen-bond donors (Lipinski definition) is 1. The van der Waals surface area contributed by atoms with Crippen molar-refractivity contribution in [3.8, 4) is 11.4 Å². The van der Waals surface area contributed by atoms with Gasteiger partial charge in [-0.1, -0.05) is 18.2 Å². The maximum atomic E-state index is 13.5. The van der Waals surface area contributed by atoms with Crippen LogP contribution in [0.2, 0.25) is 0 Å². The van der Waals surface area contributed by atoms with E-state index in [1.54, 1.807) is 26.9 Å². The fraction of sp³-hybridized carbons (Fsp3) is 0.231. The highest BCUT2D eigenvalue weighted by Crippen LogP contribution is 2.23. The number of rotatable bonds is 7. The van der Waals surface area contributed by atoms with Crippen LogP contribution in [0.15, 0.2) is 53.5 Å². The molecular weight excluding hydrogens is 448 g/mol. The highest BCUT2D eigenvalue weighted by atomic mass is 16.5. The van der Waals surface area contributed by atoms with E-state index in [1.807, 2.05) is 51.2 Å². The van der Waals surface area contributed by atoms with Crippen molar-refractivity contribution >= 4 is 17.5 Å². The summed E-state index contributed by atoms with van der Waals surface area (Å²) in [5.74, 6) is -1.32. The standard InChI is InChI=1S/C26H26N4O5/c1-15-11-21(23(32)14-35-26(34)22-12-19(13-27-22)18(4)31)16(2)29(15)24-17(3)28(5)30(25(24)33)20-9-7-6-8-10-20/h6-13,27H,14H2,1-5H3. The summed E-state index contributed by atoms with van der Waals surface area (Å²) in [5.41, 5.74) is 3.80. The third-order valence-corrected chi connectivity index (χ3v) is 6.12. The Morgan fingerprint density at radius 1 is 1.00 bits per heavy atom. The first-order valence-electron chi connectivity index (χ1n) is 11.0. The smallest absolute Gasteiger partial charge is 0.355 e. The summed E-state index contributed by atoms with van der Waals surface area (Å²) >= 11 is 0. The Morgan fingerprint density at radius 3 is 2.31 bits per heavy atom. The van der Waals surface area contributed by atoms with Gasteiger partial charge in [-0.3, -0.25) is 19.1 Å². The molecule has 0 bridgehead atoms. The maximum absolute atomic E-state index is 13.5. The number of nitrogens with zero attached hydrogens (tertiary/aromatic N) is 3. The van der Waals surface area contributed by atoms with Gasteiger partial charge in [-0.05, 0) is 52.0 Å². The molecule has 0 spiro atoms. The van der Waals surface area contributed by atoms with Crippen molar-refractivity contribution in [1.82, 2.24) is 18.9 Å². The number of benzene rings is 1. The normalized spacial score (nSPS) is 11.0. The average Bonchev–Trinajstić information content (AvgIpc) is 3.49. The lowest BCUT2D eigenvalue weighted by atomic mass is 10.1. The molecule has 3 aromatic heterocycles. The number of carbonyl (C=O) groups excluding carboxylic acids is 3. The molecule has 0 fully saturated rings. The number of nitrogens with one attached hydrogen (secondary N) is 1. The topological polar surface area (TPSA) is 108 Å². The maximum Gasteiger partial charge on any atom is 0.355 e. The van der Waals surface area contributed by atoms with E-state index in [2.05, 4.69) is 4.98 Å². The van der Waals surface area contributed by atoms with E-state index in [9.17, 15) is 19.2 Å². The molecule has 0 amide bonds. The van der Waals surface area contributed by atoms with E-state index < -0.39 is 18.4 Å². The molecule has 4 rings (SSSR count). The van der Waals surface area contributed by atoms with Crippen LogP contribution in [0.3, 0.4) is 0 Å². The number of esters is 1. The zero-order valence-corrected chi connectivity index (χ0v) is 20.2. The largest absolute Gasteiger partial charge is 0.453 e. The molecular formula is C26H26N4O5. The van der Waals surface area contributed by atoms with Crippen LogP contribution in [0.4, 0.5) is 0 Å². The van der Waals surface area contributed by atoms with Crippen molar-refractivity contribution in [2.24, 2.45) is 7.05 Å². The molecule has 0 aliphatic carbocycles. The number of H-pyrrole nitrogens is 1. The second-order valence-corrected chi connectivity index (χ2v) is 8.39. The van der Waals surface area contributed by atoms with Crippen LogP contribution in [0.25, 0.3) is 11.4 Å². The first-order chi connectivity index (χ1) is 16.6. The number of carbonyl (C=O) groups is 3. The molecule has 1 aromatic carbocycles. The van der Waals surface area contributed by atoms with Gasteiger partial charge in [0.05, 0.1) is 11.4 Å². The zero-order chi connectivity index (χ0) is 25.4. The van der Waals surface area contributed by atoms with E-state index in [0.717, 1.165) is 11.4 Å². The van der Waals surface area contributed by atoms with Crippen molar-refractivity contribution in [3.05, 3.63) is 92.9 Å². The monoisotopic (exact) mass is 474 g/mol. The highest BCUT2D eigenvalue weighted by Gasteiger charge is 2.24. The van der Waals surface area contributed by atoms with Crippen LogP contribution in [0.5, 0.6) is 0 Å². The first-order valence-corrected chi connectivity index (χ1v) is 11.0. The molecule has 0 radical (unpaired) electrons. The minimum absolute atomic E-state index is 0.0924. The molecule has 35 heavy (non-hydrogen) atoms. The van der Waals surface area contributed by atoms with E-state index in [0.29, 0.717) is 28.2 Å². The van der Waals surface area contributed by atoms with Crippen LogP contribution in [0, 0.1) is 20.8 Å². The molecule has 0 unspecified atom stereocenters. The number of para-hydroxylation sites is 1. The van der Waals surface area contributed by atoms with Crippen molar-refractivity contribution in [1.29, 1.82) is 0 Å². The Balaban J connectivity index is 1.62. The molecule has 0 atom stereocenters. The number of ketones is 2. The Hall–Kier alpha value is -4.40. The van der Waals surface area contributed by atoms with Crippen LogP contribution >= 0.6 is 0 Å². The van der Waals surface area contributed by atoms with Gasteiger partial charge < -0.3 is 14.3 Å². The average molecular weight is 475 g/mol. The van der Waals surface area contributed by atoms with Crippen molar-refractivity contribution < 1.29 is 19.1 Å². The van der Waals surface area contributed by atoms with Gasteiger partial charge in [-0.2, -0.15) is 0 Å². The number of aryl methyl sites for hydroxylation is 1. The number of hydrogen-bond acceptors (Lipinski definition) is 5. The fourth-order valence-corrected chi connectivity index (χ4v) is 4.20. The third-order valence-electron chi connectivity index (χ3n) is 6.12. The van der Waals surface area contributed by atoms with Crippen molar-refractivity contribution in [2.45, 2.75) is 27.7 Å². The van der Waals surface area contributed by atoms with Gasteiger partial charge in [-0.25, -0.2) is 9.48 Å². The first kappa shape index (κ1) is 23.7. The summed E-state index contributed by atoms with van der Waals surface area (Å²) in [6, 6.07) is 12.4. The van der Waals surface area contributed by atoms with Gasteiger partial charge in [0.1, 0.15) is 11.4 Å². The molecule has 0 saturated carbocycles. The van der Waals surface area contributed by atoms with E-state index in [4.69, 9.17) is 4.74 Å². The lowest BCUT2D eigenvalue weighted by molar-refractivity contribution is 0.0469. The molecule has 180 valence electrons. The summed E-state index contributed by atoms with van der Waals surface area (Å²) in [4.78, 5) is 52.8. The fourth-order valence-electron chi connectivity index (χ4n) is 4.20. The number of aromatic nitrogens is 4. The number of aromatic amines is 1. The van der Waals surface area contributed by atoms with Crippen LogP contribution in [0.1, 0.15) is 55.2 Å². The van der Waals surface area contributed by atoms with Crippen LogP contribution in [-0.4, -0.2) is 43.1 Å². The molecule has 1 N–H and O–H groups in total. The summed E-state index contributed by atoms with van der Waals surface area (Å²) in [6.07, 6.45) is 1.42. The molecule has 4 aromatic rings. The summed E-state index contributed by atoms with van der Waals surface area (Å²) in [5, 5.41) is 0. The highest BCUT2D eigenvalue weighted by molar-refractivity contribution is 6.01. The van der Waals surface area contributed by atoms with Crippen LogP contribution in [-0.2, 0) is 11.8 Å². The summed E-state index contributed by atoms with van der Waals surface area (Å²) in [6.45, 7) is 6.34.